The van der Waals surface area contributed by atoms with Crippen molar-refractivity contribution in [2.75, 3.05) is 18.8 Å². The lowest BCUT2D eigenvalue weighted by Crippen LogP contribution is -2.38. The molecule has 1 aliphatic rings. The Bertz CT molecular complexity index is 764. The van der Waals surface area contributed by atoms with Crippen LogP contribution in [0.4, 0.5) is 5.69 Å². The van der Waals surface area contributed by atoms with E-state index in [0.717, 1.165) is 5.82 Å². The van der Waals surface area contributed by atoms with Crippen LogP contribution in [-0.4, -0.2) is 45.6 Å². The van der Waals surface area contributed by atoms with Gasteiger partial charge in [-0.2, -0.15) is 4.31 Å². The van der Waals surface area contributed by atoms with Crippen molar-refractivity contribution in [3.63, 3.8) is 0 Å². The number of nitrogens with two attached hydrogens (primary N) is 1. The molecule has 0 radical (unpaired) electrons. The van der Waals surface area contributed by atoms with Gasteiger partial charge in [0.2, 0.25) is 0 Å². The number of sulfonamides is 1. The molecule has 0 aromatic carbocycles. The molecule has 22 heavy (non-hydrogen) atoms. The Kier molecular flexibility index (Phi) is 3.83. The number of nitrogens with zero attached hydrogens (tertiary/aromatic N) is 5. The highest BCUT2D eigenvalue weighted by Crippen LogP contribution is 2.29. The predicted octanol–water partition coefficient (Wildman–Crippen LogP) is 0.361. The minimum absolute atomic E-state index is 0.0629. The van der Waals surface area contributed by atoms with Gasteiger partial charge in [-0.1, -0.05) is 0 Å². The summed E-state index contributed by atoms with van der Waals surface area (Å²) in [7, 11) is -1.74. The van der Waals surface area contributed by atoms with Crippen LogP contribution < -0.4 is 5.73 Å². The molecule has 8 nitrogen and oxygen atoms in total. The van der Waals surface area contributed by atoms with Crippen LogP contribution in [-0.2, 0) is 17.1 Å². The molecule has 9 heteroatoms. The smallest absolute Gasteiger partial charge is 0.262 e. The van der Waals surface area contributed by atoms with Crippen molar-refractivity contribution >= 4 is 15.7 Å². The second-order valence-corrected chi connectivity index (χ2v) is 7.23. The third kappa shape index (κ3) is 2.57. The molecule has 2 N–H and O–H groups in total. The van der Waals surface area contributed by atoms with Gasteiger partial charge < -0.3 is 10.3 Å². The molecule has 1 saturated heterocycles. The molecule has 0 aliphatic carbocycles. The second kappa shape index (κ2) is 5.65. The van der Waals surface area contributed by atoms with Gasteiger partial charge >= 0.3 is 0 Å². The van der Waals surface area contributed by atoms with Gasteiger partial charge in [-0.05, 0) is 25.0 Å². The van der Waals surface area contributed by atoms with Crippen molar-refractivity contribution in [3.05, 3.63) is 30.5 Å². The van der Waals surface area contributed by atoms with Crippen LogP contribution in [0.15, 0.2) is 29.7 Å². The maximum absolute atomic E-state index is 12.6. The Morgan fingerprint density at radius 3 is 2.64 bits per heavy atom. The van der Waals surface area contributed by atoms with Crippen molar-refractivity contribution in [3.8, 4) is 0 Å². The second-order valence-electron chi connectivity index (χ2n) is 5.38. The third-order valence-corrected chi connectivity index (χ3v) is 5.83. The summed E-state index contributed by atoms with van der Waals surface area (Å²) in [5.74, 6) is 1.12. The summed E-state index contributed by atoms with van der Waals surface area (Å²) in [5.41, 5.74) is 5.93. The molecule has 3 rings (SSSR count). The maximum Gasteiger partial charge on any atom is 0.262 e. The van der Waals surface area contributed by atoms with Crippen LogP contribution in [0.2, 0.25) is 0 Å². The summed E-state index contributed by atoms with van der Waals surface area (Å²) >= 11 is 0. The lowest BCUT2D eigenvalue weighted by Gasteiger charge is -2.30. The molecule has 3 heterocycles. The van der Waals surface area contributed by atoms with Crippen LogP contribution in [0.3, 0.4) is 0 Å². The molecule has 0 saturated carbocycles. The van der Waals surface area contributed by atoms with Crippen molar-refractivity contribution in [2.45, 2.75) is 23.8 Å². The van der Waals surface area contributed by atoms with E-state index in [1.807, 2.05) is 11.6 Å². The third-order valence-electron chi connectivity index (χ3n) is 3.95. The molecule has 1 fully saturated rings. The van der Waals surface area contributed by atoms with Crippen LogP contribution >= 0.6 is 0 Å². The predicted molar refractivity (Wildman–Crippen MR) is 80.4 cm³/mol. The molecule has 118 valence electrons. The highest BCUT2D eigenvalue weighted by Gasteiger charge is 2.33. The molecular weight excluding hydrogens is 304 g/mol. The first-order valence-corrected chi connectivity index (χ1v) is 8.48. The summed E-state index contributed by atoms with van der Waals surface area (Å²) in [6, 6.07) is 3.17. The number of piperidine rings is 1. The van der Waals surface area contributed by atoms with Gasteiger partial charge in [-0.3, -0.25) is 0 Å². The molecule has 2 aromatic rings. The number of pyridine rings is 1. The zero-order valence-electron chi connectivity index (χ0n) is 12.3. The molecular formula is C13H18N6O2S. The van der Waals surface area contributed by atoms with Crippen molar-refractivity contribution in [2.24, 2.45) is 7.05 Å². The fraction of sp³-hybridized carbons (Fsp3) is 0.462. The van der Waals surface area contributed by atoms with E-state index in [9.17, 15) is 8.42 Å². The van der Waals surface area contributed by atoms with Gasteiger partial charge in [0.15, 0.2) is 5.03 Å². The minimum atomic E-state index is -3.64. The van der Waals surface area contributed by atoms with Crippen LogP contribution in [0.1, 0.15) is 24.6 Å². The highest BCUT2D eigenvalue weighted by atomic mass is 32.2. The standard InChI is InChI=1S/C13H18N6O2S/c1-18-9-16-17-12(18)10-4-7-19(8-5-10)22(20,21)13-11(14)3-2-6-15-13/h2-3,6,9-10H,4-5,7-8,14H2,1H3. The fourth-order valence-corrected chi connectivity index (χ4v) is 4.25. The van der Waals surface area contributed by atoms with Crippen molar-refractivity contribution in [1.29, 1.82) is 0 Å². The Morgan fingerprint density at radius 1 is 1.32 bits per heavy atom. The lowest BCUT2D eigenvalue weighted by atomic mass is 9.97. The number of rotatable bonds is 3. The molecule has 0 spiro atoms. The van der Waals surface area contributed by atoms with E-state index in [-0.39, 0.29) is 16.6 Å². The van der Waals surface area contributed by atoms with Crippen LogP contribution in [0.5, 0.6) is 0 Å². The molecule has 0 unspecified atom stereocenters. The maximum atomic E-state index is 12.6. The monoisotopic (exact) mass is 322 g/mol. The van der Waals surface area contributed by atoms with Crippen LogP contribution in [0.25, 0.3) is 0 Å². The summed E-state index contributed by atoms with van der Waals surface area (Å²) in [4.78, 5) is 3.93. The number of aromatic nitrogens is 4. The normalized spacial score (nSPS) is 17.7. The number of anilines is 1. The van der Waals surface area contributed by atoms with E-state index < -0.39 is 10.0 Å². The van der Waals surface area contributed by atoms with E-state index in [2.05, 4.69) is 15.2 Å². The van der Waals surface area contributed by atoms with Gasteiger partial charge in [0.1, 0.15) is 12.2 Å². The summed E-state index contributed by atoms with van der Waals surface area (Å²) in [6.07, 6.45) is 4.51. The first-order valence-electron chi connectivity index (χ1n) is 7.04. The summed E-state index contributed by atoms with van der Waals surface area (Å²) < 4.78 is 28.6. The first-order chi connectivity index (χ1) is 10.5. The van der Waals surface area contributed by atoms with Gasteiger partial charge in [-0.15, -0.1) is 10.2 Å². The zero-order valence-corrected chi connectivity index (χ0v) is 13.1. The Hall–Kier alpha value is -2.00. The number of aryl methyl sites for hydroxylation is 1. The average Bonchev–Trinajstić information content (AvgIpc) is 2.94. The number of nitrogen functional groups attached to an aromatic ring is 1. The Balaban J connectivity index is 1.76. The molecule has 1 aliphatic heterocycles. The highest BCUT2D eigenvalue weighted by molar-refractivity contribution is 7.89. The van der Waals surface area contributed by atoms with E-state index in [1.165, 1.54) is 10.5 Å². The Labute approximate surface area is 129 Å². The summed E-state index contributed by atoms with van der Waals surface area (Å²) in [5, 5.41) is 7.93. The van der Waals surface area contributed by atoms with Crippen LogP contribution in [0, 0.1) is 0 Å². The van der Waals surface area contributed by atoms with Crippen molar-refractivity contribution < 1.29 is 8.42 Å². The molecule has 0 atom stereocenters. The lowest BCUT2D eigenvalue weighted by molar-refractivity contribution is 0.310. The van der Waals surface area contributed by atoms with Gasteiger partial charge in [0, 0.05) is 32.3 Å². The van der Waals surface area contributed by atoms with E-state index >= 15 is 0 Å². The number of hydrogen-bond acceptors (Lipinski definition) is 6. The SMILES string of the molecule is Cn1cnnc1C1CCN(S(=O)(=O)c2ncccc2N)CC1. The molecule has 0 bridgehead atoms. The van der Waals surface area contributed by atoms with E-state index in [4.69, 9.17) is 5.73 Å². The number of hydrogen-bond donors (Lipinski definition) is 1. The van der Waals surface area contributed by atoms with Gasteiger partial charge in [-0.25, -0.2) is 13.4 Å². The molecule has 0 amide bonds. The molecule has 2 aromatic heterocycles. The van der Waals surface area contributed by atoms with Crippen molar-refractivity contribution in [1.82, 2.24) is 24.1 Å². The topological polar surface area (TPSA) is 107 Å². The van der Waals surface area contributed by atoms with Gasteiger partial charge in [0.05, 0.1) is 5.69 Å². The zero-order chi connectivity index (χ0) is 15.7. The average molecular weight is 322 g/mol. The largest absolute Gasteiger partial charge is 0.396 e. The van der Waals surface area contributed by atoms with Gasteiger partial charge in [0.25, 0.3) is 10.0 Å². The fourth-order valence-electron chi connectivity index (χ4n) is 2.76. The first kappa shape index (κ1) is 14.9. The summed E-state index contributed by atoms with van der Waals surface area (Å²) in [6.45, 7) is 0.853. The van der Waals surface area contributed by atoms with E-state index in [0.29, 0.717) is 25.9 Å². The quantitative estimate of drug-likeness (QED) is 0.874. The van der Waals surface area contributed by atoms with E-state index in [1.54, 1.807) is 18.5 Å². The minimum Gasteiger partial charge on any atom is -0.396 e. The Morgan fingerprint density at radius 2 is 2.05 bits per heavy atom.